The zero-order chi connectivity index (χ0) is 12.3. The molecule has 0 aliphatic carbocycles. The first kappa shape index (κ1) is 13.5. The standard InChI is InChI=1S/C14H20N2O/c1-2-3-4-5-6-7-10-17-14-11-13(12-15)8-9-16-14/h8-9,11H,2-7,10H2,1H3. The van der Waals surface area contributed by atoms with Crippen molar-refractivity contribution in [3.05, 3.63) is 23.9 Å². The van der Waals surface area contributed by atoms with Crippen LogP contribution in [0.3, 0.4) is 0 Å². The highest BCUT2D eigenvalue weighted by molar-refractivity contribution is 5.31. The van der Waals surface area contributed by atoms with Crippen molar-refractivity contribution in [2.75, 3.05) is 6.61 Å². The number of ether oxygens (including phenoxy) is 1. The fraction of sp³-hybridized carbons (Fsp3) is 0.571. The van der Waals surface area contributed by atoms with Crippen molar-refractivity contribution < 1.29 is 4.74 Å². The Morgan fingerprint density at radius 3 is 2.76 bits per heavy atom. The van der Waals surface area contributed by atoms with Gasteiger partial charge in [0.15, 0.2) is 0 Å². The van der Waals surface area contributed by atoms with Crippen LogP contribution in [0.4, 0.5) is 0 Å². The minimum atomic E-state index is 0.553. The quantitative estimate of drug-likeness (QED) is 0.642. The van der Waals surface area contributed by atoms with E-state index in [0.717, 1.165) is 6.42 Å². The maximum absolute atomic E-state index is 8.72. The lowest BCUT2D eigenvalue weighted by Gasteiger charge is -2.04. The summed E-state index contributed by atoms with van der Waals surface area (Å²) in [6.45, 7) is 2.91. The molecule has 1 aromatic rings. The van der Waals surface area contributed by atoms with Gasteiger partial charge in [0.1, 0.15) is 0 Å². The lowest BCUT2D eigenvalue weighted by Crippen LogP contribution is -1.99. The lowest BCUT2D eigenvalue weighted by molar-refractivity contribution is 0.293. The van der Waals surface area contributed by atoms with Gasteiger partial charge in [-0.15, -0.1) is 0 Å². The van der Waals surface area contributed by atoms with E-state index in [1.165, 1.54) is 32.1 Å². The van der Waals surface area contributed by atoms with Gasteiger partial charge in [-0.2, -0.15) is 5.26 Å². The van der Waals surface area contributed by atoms with E-state index < -0.39 is 0 Å². The number of pyridine rings is 1. The van der Waals surface area contributed by atoms with Crippen LogP contribution in [-0.4, -0.2) is 11.6 Å². The average molecular weight is 232 g/mol. The van der Waals surface area contributed by atoms with E-state index in [1.807, 2.05) is 0 Å². The molecule has 1 aromatic heterocycles. The molecule has 92 valence electrons. The second-order valence-electron chi connectivity index (χ2n) is 4.11. The van der Waals surface area contributed by atoms with Crippen LogP contribution in [0, 0.1) is 11.3 Å². The van der Waals surface area contributed by atoms with Crippen molar-refractivity contribution in [3.8, 4) is 11.9 Å². The molecule has 0 aromatic carbocycles. The summed E-state index contributed by atoms with van der Waals surface area (Å²) in [4.78, 5) is 4.06. The Kier molecular flexibility index (Phi) is 6.81. The largest absolute Gasteiger partial charge is 0.478 e. The van der Waals surface area contributed by atoms with Crippen LogP contribution >= 0.6 is 0 Å². The van der Waals surface area contributed by atoms with Crippen LogP contribution in [-0.2, 0) is 0 Å². The SMILES string of the molecule is CCCCCCCCOc1cc(C#N)ccn1. The fourth-order valence-electron chi connectivity index (χ4n) is 1.62. The van der Waals surface area contributed by atoms with Crippen molar-refractivity contribution in [2.24, 2.45) is 0 Å². The first-order chi connectivity index (χ1) is 8.36. The third kappa shape index (κ3) is 5.91. The minimum Gasteiger partial charge on any atom is -0.478 e. The Morgan fingerprint density at radius 2 is 2.00 bits per heavy atom. The molecule has 0 unspecified atom stereocenters. The summed E-state index contributed by atoms with van der Waals surface area (Å²) in [5, 5.41) is 8.72. The first-order valence-corrected chi connectivity index (χ1v) is 6.35. The van der Waals surface area contributed by atoms with Crippen LogP contribution in [0.1, 0.15) is 51.0 Å². The molecule has 0 fully saturated rings. The van der Waals surface area contributed by atoms with E-state index in [0.29, 0.717) is 18.1 Å². The number of aromatic nitrogens is 1. The van der Waals surface area contributed by atoms with E-state index in [9.17, 15) is 0 Å². The van der Waals surface area contributed by atoms with Crippen molar-refractivity contribution in [3.63, 3.8) is 0 Å². The number of hydrogen-bond acceptors (Lipinski definition) is 3. The third-order valence-electron chi connectivity index (χ3n) is 2.61. The van der Waals surface area contributed by atoms with Crippen molar-refractivity contribution in [1.29, 1.82) is 5.26 Å². The van der Waals surface area contributed by atoms with Gasteiger partial charge < -0.3 is 4.74 Å². The molecule has 1 rings (SSSR count). The van der Waals surface area contributed by atoms with Crippen LogP contribution in [0.2, 0.25) is 0 Å². The highest BCUT2D eigenvalue weighted by atomic mass is 16.5. The summed E-state index contributed by atoms with van der Waals surface area (Å²) in [6.07, 6.45) is 9.07. The highest BCUT2D eigenvalue weighted by Crippen LogP contribution is 2.10. The molecule has 0 N–H and O–H groups in total. The molecule has 0 bridgehead atoms. The molecule has 0 amide bonds. The van der Waals surface area contributed by atoms with E-state index in [2.05, 4.69) is 18.0 Å². The number of rotatable bonds is 8. The Morgan fingerprint density at radius 1 is 1.24 bits per heavy atom. The molecule has 0 spiro atoms. The molecule has 0 atom stereocenters. The molecule has 3 heteroatoms. The number of unbranched alkanes of at least 4 members (excludes halogenated alkanes) is 5. The van der Waals surface area contributed by atoms with Crippen molar-refractivity contribution in [2.45, 2.75) is 45.4 Å². The molecule has 17 heavy (non-hydrogen) atoms. The second-order valence-corrected chi connectivity index (χ2v) is 4.11. The predicted molar refractivity (Wildman–Crippen MR) is 67.8 cm³/mol. The summed E-state index contributed by atoms with van der Waals surface area (Å²) in [5.74, 6) is 0.553. The summed E-state index contributed by atoms with van der Waals surface area (Å²) in [5.41, 5.74) is 0.595. The van der Waals surface area contributed by atoms with Crippen molar-refractivity contribution >= 4 is 0 Å². The van der Waals surface area contributed by atoms with E-state index in [1.54, 1.807) is 18.3 Å². The van der Waals surface area contributed by atoms with Gasteiger partial charge in [0, 0.05) is 12.3 Å². The predicted octanol–water partition coefficient (Wildman–Crippen LogP) is 3.69. The maximum atomic E-state index is 8.72. The Labute approximate surface area is 103 Å². The zero-order valence-corrected chi connectivity index (χ0v) is 10.5. The summed E-state index contributed by atoms with van der Waals surface area (Å²) in [7, 11) is 0. The second kappa shape index (κ2) is 8.58. The van der Waals surface area contributed by atoms with E-state index in [-0.39, 0.29) is 0 Å². The van der Waals surface area contributed by atoms with Gasteiger partial charge >= 0.3 is 0 Å². The number of nitriles is 1. The lowest BCUT2D eigenvalue weighted by atomic mass is 10.1. The fourth-order valence-corrected chi connectivity index (χ4v) is 1.62. The summed E-state index contributed by atoms with van der Waals surface area (Å²) >= 11 is 0. The van der Waals surface area contributed by atoms with Gasteiger partial charge in [0.25, 0.3) is 0 Å². The average Bonchev–Trinajstić information content (AvgIpc) is 2.38. The van der Waals surface area contributed by atoms with Gasteiger partial charge in [-0.3, -0.25) is 0 Å². The molecule has 3 nitrogen and oxygen atoms in total. The Bertz CT molecular complexity index is 357. The van der Waals surface area contributed by atoms with Crippen LogP contribution in [0.25, 0.3) is 0 Å². The maximum Gasteiger partial charge on any atom is 0.214 e. The molecule has 0 saturated heterocycles. The molecular formula is C14H20N2O. The van der Waals surface area contributed by atoms with Gasteiger partial charge in [0.05, 0.1) is 18.2 Å². The topological polar surface area (TPSA) is 45.9 Å². The molecule has 0 saturated carbocycles. The third-order valence-corrected chi connectivity index (χ3v) is 2.61. The molecule has 1 heterocycles. The Hall–Kier alpha value is -1.56. The zero-order valence-electron chi connectivity index (χ0n) is 10.5. The van der Waals surface area contributed by atoms with Crippen molar-refractivity contribution in [1.82, 2.24) is 4.98 Å². The normalized spacial score (nSPS) is 9.88. The minimum absolute atomic E-state index is 0.553. The summed E-state index contributed by atoms with van der Waals surface area (Å²) in [6, 6.07) is 5.43. The van der Waals surface area contributed by atoms with Crippen LogP contribution < -0.4 is 4.74 Å². The molecule has 0 radical (unpaired) electrons. The van der Waals surface area contributed by atoms with Gasteiger partial charge in [-0.25, -0.2) is 4.98 Å². The van der Waals surface area contributed by atoms with E-state index in [4.69, 9.17) is 10.00 Å². The molecular weight excluding hydrogens is 212 g/mol. The molecule has 0 aliphatic rings. The smallest absolute Gasteiger partial charge is 0.214 e. The van der Waals surface area contributed by atoms with E-state index >= 15 is 0 Å². The van der Waals surface area contributed by atoms with Crippen LogP contribution in [0.15, 0.2) is 18.3 Å². The molecule has 0 aliphatic heterocycles. The van der Waals surface area contributed by atoms with Crippen LogP contribution in [0.5, 0.6) is 5.88 Å². The Balaban J connectivity index is 2.12. The number of nitrogens with zero attached hydrogens (tertiary/aromatic N) is 2. The first-order valence-electron chi connectivity index (χ1n) is 6.35. The van der Waals surface area contributed by atoms with Gasteiger partial charge in [0.2, 0.25) is 5.88 Å². The summed E-state index contributed by atoms with van der Waals surface area (Å²) < 4.78 is 5.49. The van der Waals surface area contributed by atoms with Gasteiger partial charge in [-0.05, 0) is 12.5 Å². The van der Waals surface area contributed by atoms with Gasteiger partial charge in [-0.1, -0.05) is 39.0 Å². The number of hydrogen-bond donors (Lipinski definition) is 0. The highest BCUT2D eigenvalue weighted by Gasteiger charge is 1.97. The monoisotopic (exact) mass is 232 g/mol.